The monoisotopic (exact) mass is 406 g/mol. The van der Waals surface area contributed by atoms with E-state index in [1.807, 2.05) is 47.2 Å². The van der Waals surface area contributed by atoms with Gasteiger partial charge in [0, 0.05) is 18.1 Å². The number of aromatic hydroxyl groups is 1. The van der Waals surface area contributed by atoms with Crippen LogP contribution in [0.2, 0.25) is 5.15 Å². The number of rotatable bonds is 6. The lowest BCUT2D eigenvalue weighted by Crippen LogP contribution is -2.27. The fraction of sp³-hybridized carbons (Fsp3) is 0.136. The first kappa shape index (κ1) is 19.0. The van der Waals surface area contributed by atoms with Gasteiger partial charge in [0.05, 0.1) is 11.9 Å². The first-order valence-electron chi connectivity index (χ1n) is 9.23. The van der Waals surface area contributed by atoms with Crippen LogP contribution in [-0.4, -0.2) is 32.3 Å². The van der Waals surface area contributed by atoms with Crippen LogP contribution in [0.15, 0.2) is 66.9 Å². The Morgan fingerprint density at radius 3 is 2.59 bits per heavy atom. The second-order valence-corrected chi connectivity index (χ2v) is 7.09. The van der Waals surface area contributed by atoms with Crippen molar-refractivity contribution in [3.63, 3.8) is 0 Å². The van der Waals surface area contributed by atoms with Crippen LogP contribution >= 0.6 is 11.6 Å². The van der Waals surface area contributed by atoms with Gasteiger partial charge in [-0.1, -0.05) is 41.9 Å². The van der Waals surface area contributed by atoms with Crippen molar-refractivity contribution in [2.45, 2.75) is 12.8 Å². The molecule has 2 aromatic carbocycles. The first-order valence-corrected chi connectivity index (χ1v) is 9.61. The van der Waals surface area contributed by atoms with E-state index in [0.717, 1.165) is 22.0 Å². The summed E-state index contributed by atoms with van der Waals surface area (Å²) in [4.78, 5) is 12.5. The summed E-state index contributed by atoms with van der Waals surface area (Å²) in [5, 5.41) is 21.7. The van der Waals surface area contributed by atoms with Gasteiger partial charge in [-0.15, -0.1) is 10.2 Å². The number of benzene rings is 2. The normalized spacial score (nSPS) is 10.9. The van der Waals surface area contributed by atoms with Crippen LogP contribution in [0.4, 0.5) is 0 Å². The topological polar surface area (TPSA) is 80.0 Å². The van der Waals surface area contributed by atoms with E-state index < -0.39 is 0 Å². The third-order valence-corrected chi connectivity index (χ3v) is 4.88. The Balaban J connectivity index is 1.48. The van der Waals surface area contributed by atoms with Crippen LogP contribution in [0.1, 0.15) is 11.1 Å². The summed E-state index contributed by atoms with van der Waals surface area (Å²) in [6.07, 6.45) is 2.89. The molecule has 0 spiro atoms. The van der Waals surface area contributed by atoms with Gasteiger partial charge in [-0.25, -0.2) is 0 Å². The molecule has 146 valence electrons. The van der Waals surface area contributed by atoms with Gasteiger partial charge >= 0.3 is 0 Å². The zero-order valence-corrected chi connectivity index (χ0v) is 16.3. The molecule has 4 aromatic rings. The summed E-state index contributed by atoms with van der Waals surface area (Å²) >= 11 is 5.84. The molecule has 0 aliphatic rings. The molecule has 0 aliphatic heterocycles. The molecule has 2 aromatic heterocycles. The molecule has 0 aliphatic carbocycles. The largest absolute Gasteiger partial charge is 0.508 e. The Labute approximate surface area is 172 Å². The van der Waals surface area contributed by atoms with Gasteiger partial charge in [-0.05, 0) is 47.9 Å². The summed E-state index contributed by atoms with van der Waals surface area (Å²) in [5.74, 6) is 0.831. The number of para-hydroxylation sites is 1. The number of fused-ring (bicyclic) bond motifs is 1. The zero-order valence-electron chi connectivity index (χ0n) is 15.5. The Kier molecular flexibility index (Phi) is 5.44. The summed E-state index contributed by atoms with van der Waals surface area (Å²) in [6, 6.07) is 18.3. The van der Waals surface area contributed by atoms with E-state index >= 15 is 0 Å². The van der Waals surface area contributed by atoms with Crippen LogP contribution in [0, 0.1) is 0 Å². The average molecular weight is 407 g/mol. The van der Waals surface area contributed by atoms with E-state index in [0.29, 0.717) is 23.9 Å². The minimum absolute atomic E-state index is 0.0473. The molecule has 0 atom stereocenters. The van der Waals surface area contributed by atoms with Crippen molar-refractivity contribution in [3.8, 4) is 11.6 Å². The van der Waals surface area contributed by atoms with Crippen molar-refractivity contribution >= 4 is 28.4 Å². The maximum Gasteiger partial charge on any atom is 0.224 e. The molecule has 0 unspecified atom stereocenters. The van der Waals surface area contributed by atoms with Gasteiger partial charge in [0.2, 0.25) is 5.91 Å². The lowest BCUT2D eigenvalue weighted by Gasteiger charge is -2.05. The number of carbonyl (C=O) groups is 1. The smallest absolute Gasteiger partial charge is 0.224 e. The van der Waals surface area contributed by atoms with Gasteiger partial charge in [0.15, 0.2) is 11.0 Å². The van der Waals surface area contributed by atoms with E-state index in [-0.39, 0.29) is 18.1 Å². The quantitative estimate of drug-likeness (QED) is 0.512. The van der Waals surface area contributed by atoms with E-state index in [2.05, 4.69) is 15.5 Å². The fourth-order valence-electron chi connectivity index (χ4n) is 3.26. The maximum atomic E-state index is 12.5. The van der Waals surface area contributed by atoms with Crippen molar-refractivity contribution in [1.29, 1.82) is 0 Å². The lowest BCUT2D eigenvalue weighted by atomic mass is 10.1. The Hall–Kier alpha value is -3.38. The first-order chi connectivity index (χ1) is 14.1. The van der Waals surface area contributed by atoms with Gasteiger partial charge in [0.25, 0.3) is 0 Å². The van der Waals surface area contributed by atoms with Crippen LogP contribution in [0.3, 0.4) is 0 Å². The minimum Gasteiger partial charge on any atom is -0.508 e. The van der Waals surface area contributed by atoms with E-state index in [9.17, 15) is 9.90 Å². The fourth-order valence-corrected chi connectivity index (χ4v) is 3.36. The van der Waals surface area contributed by atoms with E-state index in [1.165, 1.54) is 0 Å². The number of halogens is 1. The highest BCUT2D eigenvalue weighted by atomic mass is 35.5. The number of carbonyl (C=O) groups excluding carboxylic acids is 1. The SMILES string of the molecule is O=C(Cc1cn(-c2ccc(Cl)nn2)c2ccccc12)NCCc1ccc(O)cc1. The molecule has 0 bridgehead atoms. The highest BCUT2D eigenvalue weighted by Gasteiger charge is 2.13. The highest BCUT2D eigenvalue weighted by Crippen LogP contribution is 2.24. The van der Waals surface area contributed by atoms with Crippen LogP contribution in [0.25, 0.3) is 16.7 Å². The lowest BCUT2D eigenvalue weighted by molar-refractivity contribution is -0.120. The molecule has 6 nitrogen and oxygen atoms in total. The van der Waals surface area contributed by atoms with Crippen molar-refractivity contribution in [2.75, 3.05) is 6.54 Å². The molecular weight excluding hydrogens is 388 g/mol. The molecular formula is C22H19ClN4O2. The molecule has 29 heavy (non-hydrogen) atoms. The van der Waals surface area contributed by atoms with Crippen molar-refractivity contribution < 1.29 is 9.90 Å². The third-order valence-electron chi connectivity index (χ3n) is 4.68. The predicted octanol–water partition coefficient (Wildman–Crippen LogP) is 3.68. The highest BCUT2D eigenvalue weighted by molar-refractivity contribution is 6.29. The number of phenols is 1. The average Bonchev–Trinajstić information content (AvgIpc) is 3.09. The molecule has 0 saturated heterocycles. The Morgan fingerprint density at radius 2 is 1.83 bits per heavy atom. The molecule has 2 N–H and O–H groups in total. The summed E-state index contributed by atoms with van der Waals surface area (Å²) in [7, 11) is 0. The third kappa shape index (κ3) is 4.38. The van der Waals surface area contributed by atoms with Crippen LogP contribution in [-0.2, 0) is 17.6 Å². The summed E-state index contributed by atoms with van der Waals surface area (Å²) < 4.78 is 1.91. The van der Waals surface area contributed by atoms with E-state index in [4.69, 9.17) is 11.6 Å². The number of nitrogens with zero attached hydrogens (tertiary/aromatic N) is 3. The van der Waals surface area contributed by atoms with Gasteiger partial charge in [-0.2, -0.15) is 0 Å². The standard InChI is InChI=1S/C22H19ClN4O2/c23-20-9-10-21(26-25-20)27-14-16(18-3-1-2-4-19(18)27)13-22(29)24-12-11-15-5-7-17(28)8-6-15/h1-10,14,28H,11-13H2,(H,24,29). The molecule has 0 saturated carbocycles. The van der Waals surface area contributed by atoms with Crippen LogP contribution < -0.4 is 5.32 Å². The van der Waals surface area contributed by atoms with Gasteiger partial charge < -0.3 is 10.4 Å². The van der Waals surface area contributed by atoms with Crippen molar-refractivity contribution in [2.24, 2.45) is 0 Å². The Bertz CT molecular complexity index is 1140. The molecule has 0 radical (unpaired) electrons. The second kappa shape index (κ2) is 8.32. The number of amides is 1. The predicted molar refractivity (Wildman–Crippen MR) is 112 cm³/mol. The summed E-state index contributed by atoms with van der Waals surface area (Å²) in [6.45, 7) is 0.533. The number of phenolic OH excluding ortho intramolecular Hbond substituents is 1. The maximum absolute atomic E-state index is 12.5. The van der Waals surface area contributed by atoms with E-state index in [1.54, 1.807) is 24.3 Å². The number of hydrogen-bond acceptors (Lipinski definition) is 4. The Morgan fingerprint density at radius 1 is 1.03 bits per heavy atom. The second-order valence-electron chi connectivity index (χ2n) is 6.70. The molecule has 4 rings (SSSR count). The molecule has 0 fully saturated rings. The van der Waals surface area contributed by atoms with Crippen LogP contribution in [0.5, 0.6) is 5.75 Å². The van der Waals surface area contributed by atoms with Crippen molar-refractivity contribution in [3.05, 3.63) is 83.1 Å². The summed E-state index contributed by atoms with van der Waals surface area (Å²) in [5.41, 5.74) is 2.93. The zero-order chi connectivity index (χ0) is 20.2. The molecule has 1 amide bonds. The molecule has 2 heterocycles. The number of nitrogens with one attached hydrogen (secondary N) is 1. The number of aromatic nitrogens is 3. The van der Waals surface area contributed by atoms with Gasteiger partial charge in [-0.3, -0.25) is 9.36 Å². The minimum atomic E-state index is -0.0473. The molecule has 7 heteroatoms. The van der Waals surface area contributed by atoms with Crippen molar-refractivity contribution in [1.82, 2.24) is 20.1 Å². The van der Waals surface area contributed by atoms with Gasteiger partial charge in [0.1, 0.15) is 5.75 Å². The number of hydrogen-bond donors (Lipinski definition) is 2.